The number of H-pyrrole nitrogens is 1. The van der Waals surface area contributed by atoms with Gasteiger partial charge in [-0.25, -0.2) is 0 Å². The van der Waals surface area contributed by atoms with Crippen molar-refractivity contribution in [2.24, 2.45) is 42.6 Å². The molecule has 16 atom stereocenters. The van der Waals surface area contributed by atoms with Gasteiger partial charge >= 0.3 is 0 Å². The van der Waals surface area contributed by atoms with Crippen LogP contribution in [-0.4, -0.2) is 78.8 Å². The number of hydrogen-bond donors (Lipinski definition) is 1. The third kappa shape index (κ3) is 9.66. The molecule has 21 rings (SSSR count). The molecule has 11 heteroatoms. The zero-order valence-electron chi connectivity index (χ0n) is 83.6. The SMILES string of the molecule is CC1=C(C)C(C)C2C(=C1C)c1c3c(c4c5c(C)c(C)c(C)c(C)c5n(C)c4c1N2C)C(C)N(C)C3C.Cc1c(C)c(C)c2c([nH]c3c2c2c(c4c5c(C)c(C)c(C)c(C)c5n(C5(C)OCC(C)C(C)C5C)c34)C(C)N(C)C2C)c1C.Cc1c(C)c(C)c2c(c1C)c1c3c(c4c5c(C)c(C)c(C)c(C)c5n5c4c1n2C1(C)OC5(C)C(C)C1C)C(C)N(C)C3C. The summed E-state index contributed by atoms with van der Waals surface area (Å²) < 4.78 is 25.5. The van der Waals surface area contributed by atoms with Crippen LogP contribution in [0, 0.1) is 174 Å². The first kappa shape index (κ1) is 84.3. The molecule has 0 radical (unpaired) electrons. The Morgan fingerprint density at radius 1 is 0.301 bits per heavy atom. The van der Waals surface area contributed by atoms with Crippen LogP contribution in [0.15, 0.2) is 16.7 Å². The molecule has 16 unspecified atom stereocenters. The highest BCUT2D eigenvalue weighted by Crippen LogP contribution is 2.67. The molecule has 0 saturated carbocycles. The van der Waals surface area contributed by atoms with Crippen molar-refractivity contribution in [2.45, 2.75) is 323 Å². The van der Waals surface area contributed by atoms with E-state index in [0.717, 1.165) is 6.61 Å². The zero-order valence-corrected chi connectivity index (χ0v) is 83.6. The molecule has 5 aromatic heterocycles. The Bertz CT molecular complexity index is 7000. The molecule has 1 aliphatic carbocycles. The molecule has 123 heavy (non-hydrogen) atoms. The maximum atomic E-state index is 7.67. The van der Waals surface area contributed by atoms with E-state index in [1.165, 1.54) is 259 Å². The number of fused-ring (bicyclic) bond motifs is 33. The molecule has 2 saturated heterocycles. The maximum Gasteiger partial charge on any atom is 0.148 e. The molecule has 2 fully saturated rings. The summed E-state index contributed by atoms with van der Waals surface area (Å²) in [6, 6.07) is 2.45. The first-order valence-corrected chi connectivity index (χ1v) is 47.2. The number of anilines is 1. The average molecular weight is 1650 g/mol. The van der Waals surface area contributed by atoms with Gasteiger partial charge in [0.15, 0.2) is 0 Å². The Morgan fingerprint density at radius 2 is 0.626 bits per heavy atom. The Hall–Kier alpha value is -8.16. The van der Waals surface area contributed by atoms with Gasteiger partial charge in [0, 0.05) is 133 Å². The van der Waals surface area contributed by atoms with Crippen molar-refractivity contribution in [3.05, 3.63) is 167 Å². The number of nitrogens with one attached hydrogen (secondary N) is 1. The van der Waals surface area contributed by atoms with E-state index < -0.39 is 17.2 Å². The molecular formula is C112H145N9O2. The summed E-state index contributed by atoms with van der Waals surface area (Å²) in [7, 11) is 11.7. The normalized spacial score (nSPS) is 28.2. The number of allylic oxidation sites excluding steroid dienone is 2. The van der Waals surface area contributed by atoms with E-state index in [1.54, 1.807) is 27.8 Å². The highest BCUT2D eigenvalue weighted by molar-refractivity contribution is 6.30. The van der Waals surface area contributed by atoms with E-state index in [4.69, 9.17) is 9.47 Å². The largest absolute Gasteiger partial charge is 0.365 e. The van der Waals surface area contributed by atoms with Gasteiger partial charge in [-0.2, -0.15) is 0 Å². The minimum absolute atomic E-state index is 0.307. The van der Waals surface area contributed by atoms with Crippen LogP contribution < -0.4 is 4.90 Å². The fourth-order valence-corrected chi connectivity index (χ4v) is 27.9. The topological polar surface area (TPSA) is 66.9 Å². The lowest BCUT2D eigenvalue weighted by atomic mass is 9.75. The predicted molar refractivity (Wildman–Crippen MR) is 526 cm³/mol. The minimum atomic E-state index is -0.488. The molecule has 7 aliphatic heterocycles. The van der Waals surface area contributed by atoms with E-state index in [9.17, 15) is 0 Å². The third-order valence-corrected chi connectivity index (χ3v) is 39.0. The summed E-state index contributed by atoms with van der Waals surface area (Å²) in [6.45, 7) is 90.7. The van der Waals surface area contributed by atoms with Gasteiger partial charge in [-0.05, 0) is 416 Å². The van der Waals surface area contributed by atoms with Gasteiger partial charge in [0.25, 0.3) is 0 Å². The van der Waals surface area contributed by atoms with Crippen molar-refractivity contribution in [3.8, 4) is 0 Å². The minimum Gasteiger partial charge on any atom is -0.365 e. The number of aryl methyl sites for hydroxylation is 11. The molecule has 13 aromatic rings. The van der Waals surface area contributed by atoms with Crippen LogP contribution in [0.3, 0.4) is 0 Å². The van der Waals surface area contributed by atoms with Crippen LogP contribution in [0.1, 0.15) is 311 Å². The predicted octanol–water partition coefficient (Wildman–Crippen LogP) is 28.9. The lowest BCUT2D eigenvalue weighted by Gasteiger charge is -2.48. The molecule has 12 heterocycles. The summed E-state index contributed by atoms with van der Waals surface area (Å²) in [5.41, 5.74) is 58.8. The standard InChI is InChI=1S/C40H53N3O.C39H49N3O.C33H43N3/c1-17-16-44-40(14,27(11)18(17)2)43-38-26(10)22(6)20(4)24(8)31(38)35-33-29(13)42(15)28(12)32(33)34-30-23(7)19(3)21(5)25(9)36(30)41-37(34)39(35)43;1-16-18(3)22(7)34-28(20(16)5)32-30-26(11)40(15)27(12)31(30)33-29-21(6)17(2)19(4)23(8)35(29)42-37(33)36(32)41(34)38(13)24(9)25(10)39(42,14)43-38;1-14-16(3)20(7)30-24(18(14)5)28-26-22(9)34(11)23(10)27(26)29-25-19(6)15(2)17(4)21(8)31(25)36(13)33(29)32(28)35(30)12/h17-18,27-29,41H,16H2,1-15H3;24-27H,1-15H3;20,22-23,30H,1-13H3. The van der Waals surface area contributed by atoms with Gasteiger partial charge in [-0.3, -0.25) is 14.7 Å². The van der Waals surface area contributed by atoms with Crippen molar-refractivity contribution >= 4 is 120 Å². The molecular weight excluding hydrogens is 1500 g/mol. The molecule has 0 amide bonds. The molecule has 11 nitrogen and oxygen atoms in total. The van der Waals surface area contributed by atoms with Gasteiger partial charge < -0.3 is 37.6 Å². The summed E-state index contributed by atoms with van der Waals surface area (Å²) in [4.78, 5) is 14.6. The lowest BCUT2D eigenvalue weighted by molar-refractivity contribution is -0.191. The molecule has 0 spiro atoms. The van der Waals surface area contributed by atoms with Crippen LogP contribution in [0.4, 0.5) is 5.69 Å². The van der Waals surface area contributed by atoms with E-state index in [2.05, 4.69) is 341 Å². The van der Waals surface area contributed by atoms with Gasteiger partial charge in [0.2, 0.25) is 0 Å². The van der Waals surface area contributed by atoms with E-state index >= 15 is 0 Å². The summed E-state index contributed by atoms with van der Waals surface area (Å²) in [6.07, 6.45) is 0. The number of aromatic amines is 1. The number of rotatable bonds is 1. The smallest absolute Gasteiger partial charge is 0.148 e. The number of hydrogen-bond acceptors (Lipinski definition) is 6. The lowest BCUT2D eigenvalue weighted by Crippen LogP contribution is -2.49. The highest BCUT2D eigenvalue weighted by atomic mass is 16.6. The summed E-state index contributed by atoms with van der Waals surface area (Å²) in [5.74, 6) is 2.55. The Morgan fingerprint density at radius 3 is 1.04 bits per heavy atom. The van der Waals surface area contributed by atoms with E-state index in [-0.39, 0.29) is 0 Å². The number of aromatic nitrogens is 5. The second-order valence-corrected chi connectivity index (χ2v) is 42.7. The second kappa shape index (κ2) is 26.7. The number of nitrogens with zero attached hydrogens (tertiary/aromatic N) is 8. The van der Waals surface area contributed by atoms with Crippen LogP contribution >= 0.6 is 0 Å². The number of likely N-dealkylation sites (N-methyl/N-ethyl adjacent to an activating group) is 1. The molecule has 8 aliphatic rings. The first-order chi connectivity index (χ1) is 57.4. The third-order valence-electron chi connectivity index (χ3n) is 39.0. The Kier molecular flexibility index (Phi) is 18.3. The number of ether oxygens (including phenoxy) is 2. The van der Waals surface area contributed by atoms with Gasteiger partial charge in [0.1, 0.15) is 17.2 Å². The number of benzene rings is 8. The highest BCUT2D eigenvalue weighted by Gasteiger charge is 2.61. The van der Waals surface area contributed by atoms with E-state index in [1.807, 2.05) is 0 Å². The Labute approximate surface area is 734 Å². The molecule has 650 valence electrons. The average Bonchev–Trinajstić information content (AvgIpc) is 1.47. The monoisotopic (exact) mass is 1650 g/mol. The van der Waals surface area contributed by atoms with Crippen LogP contribution in [0.2, 0.25) is 0 Å². The maximum absolute atomic E-state index is 7.67. The second-order valence-electron chi connectivity index (χ2n) is 42.7. The van der Waals surface area contributed by atoms with Crippen molar-refractivity contribution in [1.82, 2.24) is 38.0 Å². The van der Waals surface area contributed by atoms with Crippen molar-refractivity contribution < 1.29 is 9.47 Å². The fraction of sp³-hybridized carbons (Fsp3) is 0.536. The molecule has 8 aromatic carbocycles. The van der Waals surface area contributed by atoms with Gasteiger partial charge in [0.05, 0.1) is 73.5 Å². The van der Waals surface area contributed by atoms with Gasteiger partial charge in [-0.1, -0.05) is 47.1 Å². The Balaban J connectivity index is 0.000000122. The van der Waals surface area contributed by atoms with Crippen LogP contribution in [0.25, 0.3) is 115 Å². The van der Waals surface area contributed by atoms with Gasteiger partial charge in [-0.15, -0.1) is 0 Å². The van der Waals surface area contributed by atoms with Crippen molar-refractivity contribution in [3.63, 3.8) is 0 Å². The van der Waals surface area contributed by atoms with Crippen LogP contribution in [-0.2, 0) is 33.7 Å². The van der Waals surface area contributed by atoms with Crippen LogP contribution in [0.5, 0.6) is 0 Å². The molecule has 2 bridgehead atoms. The summed E-state index contributed by atoms with van der Waals surface area (Å²) in [5, 5.41) is 14.5. The van der Waals surface area contributed by atoms with E-state index in [0.29, 0.717) is 77.8 Å². The quantitative estimate of drug-likeness (QED) is 0.177. The van der Waals surface area contributed by atoms with Crippen molar-refractivity contribution in [1.29, 1.82) is 0 Å². The summed E-state index contributed by atoms with van der Waals surface area (Å²) >= 11 is 0. The van der Waals surface area contributed by atoms with Crippen molar-refractivity contribution in [2.75, 3.05) is 39.7 Å². The zero-order chi connectivity index (χ0) is 89.5. The fourth-order valence-electron chi connectivity index (χ4n) is 27.9. The molecule has 1 N–H and O–H groups in total. The first-order valence-electron chi connectivity index (χ1n) is 47.2.